The number of aromatic nitrogens is 1. The van der Waals surface area contributed by atoms with Gasteiger partial charge in [-0.05, 0) is 12.1 Å². The largest absolute Gasteiger partial charge is 0.364 e. The molecule has 1 amide bonds. The number of carbonyl (C=O) groups excluding carboxylic acids is 1. The van der Waals surface area contributed by atoms with Crippen LogP contribution in [0.2, 0.25) is 0 Å². The summed E-state index contributed by atoms with van der Waals surface area (Å²) in [6.07, 6.45) is -7.81. The van der Waals surface area contributed by atoms with Gasteiger partial charge >= 0.3 is 0 Å². The van der Waals surface area contributed by atoms with Crippen molar-refractivity contribution >= 4 is 22.5 Å². The van der Waals surface area contributed by atoms with Crippen molar-refractivity contribution in [2.45, 2.75) is 25.0 Å². The number of carbonyl (C=O) groups is 1. The average Bonchev–Trinajstić information content (AvgIpc) is 3.12. The first-order chi connectivity index (χ1) is 14.3. The second kappa shape index (κ2) is 7.49. The lowest BCUT2D eigenvalue weighted by Gasteiger charge is -2.30. The van der Waals surface area contributed by atoms with Crippen molar-refractivity contribution in [3.05, 3.63) is 66.2 Å². The SMILES string of the molecule is O=C(c1cc(-c2ccccc2)nc2ccccc12)N1N=C(C(F)F)C[C@@]1(O)C(F)F. The number of para-hydroxylation sites is 1. The zero-order valence-electron chi connectivity index (χ0n) is 15.3. The Balaban J connectivity index is 1.88. The van der Waals surface area contributed by atoms with Crippen molar-refractivity contribution in [2.24, 2.45) is 5.10 Å². The molecule has 0 unspecified atom stereocenters. The topological polar surface area (TPSA) is 65.8 Å². The standard InChI is InChI=1S/C21H15F4N3O2/c22-18(23)17-11-21(30,20(24)25)28(27-17)19(29)14-10-16(12-6-2-1-3-7-12)26-15-9-5-4-8-13(14)15/h1-10,18,20,30H,11H2/t21-/m1/s1. The third-order valence-corrected chi connectivity index (χ3v) is 4.85. The van der Waals surface area contributed by atoms with Gasteiger partial charge in [-0.25, -0.2) is 22.5 Å². The van der Waals surface area contributed by atoms with Crippen LogP contribution >= 0.6 is 0 Å². The fraction of sp³-hybridized carbons (Fsp3) is 0.190. The van der Waals surface area contributed by atoms with Crippen LogP contribution in [0.4, 0.5) is 17.6 Å². The first-order valence-corrected chi connectivity index (χ1v) is 8.97. The number of benzene rings is 2. The summed E-state index contributed by atoms with van der Waals surface area (Å²) in [4.78, 5) is 17.7. The van der Waals surface area contributed by atoms with E-state index in [0.717, 1.165) is 0 Å². The minimum atomic E-state index is -3.50. The number of hydrazone groups is 1. The van der Waals surface area contributed by atoms with E-state index in [2.05, 4.69) is 10.1 Å². The van der Waals surface area contributed by atoms with Crippen LogP contribution in [-0.4, -0.2) is 45.3 Å². The minimum Gasteiger partial charge on any atom is -0.364 e. The Labute approximate surface area is 168 Å². The van der Waals surface area contributed by atoms with Crippen LogP contribution < -0.4 is 0 Å². The Hall–Kier alpha value is -3.33. The summed E-state index contributed by atoms with van der Waals surface area (Å²) in [5, 5.41) is 14.1. The lowest BCUT2D eigenvalue weighted by molar-refractivity contribution is -0.164. The summed E-state index contributed by atoms with van der Waals surface area (Å²) in [6.45, 7) is 0. The molecule has 0 bridgehead atoms. The molecule has 1 atom stereocenters. The molecular weight excluding hydrogens is 402 g/mol. The van der Waals surface area contributed by atoms with Crippen molar-refractivity contribution in [1.82, 2.24) is 9.99 Å². The van der Waals surface area contributed by atoms with E-state index in [1.165, 1.54) is 6.07 Å². The second-order valence-electron chi connectivity index (χ2n) is 6.80. The molecule has 4 rings (SSSR count). The van der Waals surface area contributed by atoms with Crippen LogP contribution in [0.15, 0.2) is 65.8 Å². The molecule has 0 radical (unpaired) electrons. The monoisotopic (exact) mass is 417 g/mol. The average molecular weight is 417 g/mol. The summed E-state index contributed by atoms with van der Waals surface area (Å²) in [7, 11) is 0. The quantitative estimate of drug-likeness (QED) is 0.643. The highest BCUT2D eigenvalue weighted by Crippen LogP contribution is 2.36. The summed E-state index contributed by atoms with van der Waals surface area (Å²) in [6, 6.07) is 16.7. The molecule has 1 aliphatic heterocycles. The van der Waals surface area contributed by atoms with Gasteiger partial charge in [-0.1, -0.05) is 48.5 Å². The Morgan fingerprint density at radius 1 is 1.03 bits per heavy atom. The van der Waals surface area contributed by atoms with E-state index in [4.69, 9.17) is 0 Å². The molecule has 1 N–H and O–H groups in total. The molecule has 0 aliphatic carbocycles. The molecule has 2 heterocycles. The second-order valence-corrected chi connectivity index (χ2v) is 6.80. The molecule has 30 heavy (non-hydrogen) atoms. The maximum atomic E-state index is 13.6. The van der Waals surface area contributed by atoms with E-state index in [1.807, 2.05) is 0 Å². The molecule has 154 valence electrons. The van der Waals surface area contributed by atoms with Crippen molar-refractivity contribution in [3.63, 3.8) is 0 Å². The van der Waals surface area contributed by atoms with Gasteiger partial charge in [-0.15, -0.1) is 0 Å². The molecule has 0 fully saturated rings. The molecule has 1 aromatic heterocycles. The van der Waals surface area contributed by atoms with Gasteiger partial charge in [-0.3, -0.25) is 4.79 Å². The lowest BCUT2D eigenvalue weighted by atomic mass is 10.0. The Bertz CT molecular complexity index is 1140. The molecule has 5 nitrogen and oxygen atoms in total. The third-order valence-electron chi connectivity index (χ3n) is 4.85. The van der Waals surface area contributed by atoms with Crippen molar-refractivity contribution in [1.29, 1.82) is 0 Å². The molecule has 0 spiro atoms. The van der Waals surface area contributed by atoms with Gasteiger partial charge in [0.25, 0.3) is 18.8 Å². The molecule has 1 aliphatic rings. The van der Waals surface area contributed by atoms with Gasteiger partial charge in [0.1, 0.15) is 5.71 Å². The first kappa shape index (κ1) is 20.0. The van der Waals surface area contributed by atoms with Crippen LogP contribution in [0.5, 0.6) is 0 Å². The number of nitrogens with zero attached hydrogens (tertiary/aromatic N) is 3. The Morgan fingerprint density at radius 2 is 1.70 bits per heavy atom. The van der Waals surface area contributed by atoms with E-state index >= 15 is 0 Å². The molecule has 0 saturated heterocycles. The fourth-order valence-corrected chi connectivity index (χ4v) is 3.33. The normalized spacial score (nSPS) is 19.0. The molecule has 9 heteroatoms. The van der Waals surface area contributed by atoms with Gasteiger partial charge in [-0.2, -0.15) is 10.1 Å². The van der Waals surface area contributed by atoms with Gasteiger partial charge in [0.2, 0.25) is 5.72 Å². The molecular formula is C21H15F4N3O2. The highest BCUT2D eigenvalue weighted by Gasteiger charge is 2.53. The predicted octanol–water partition coefficient (Wildman–Crippen LogP) is 4.32. The van der Waals surface area contributed by atoms with Crippen LogP contribution in [0.25, 0.3) is 22.2 Å². The van der Waals surface area contributed by atoms with Crippen LogP contribution in [0.3, 0.4) is 0 Å². The van der Waals surface area contributed by atoms with E-state index < -0.39 is 36.6 Å². The smallest absolute Gasteiger partial charge is 0.287 e. The maximum absolute atomic E-state index is 13.6. The highest BCUT2D eigenvalue weighted by molar-refractivity contribution is 6.08. The molecule has 2 aromatic carbocycles. The van der Waals surface area contributed by atoms with Crippen LogP contribution in [-0.2, 0) is 0 Å². The highest BCUT2D eigenvalue weighted by atomic mass is 19.3. The summed E-state index contributed by atoms with van der Waals surface area (Å²) in [5.74, 6) is -1.12. The summed E-state index contributed by atoms with van der Waals surface area (Å²) in [5.41, 5.74) is -2.76. The van der Waals surface area contributed by atoms with Gasteiger partial charge < -0.3 is 5.11 Å². The molecule has 3 aromatic rings. The zero-order chi connectivity index (χ0) is 21.5. The van der Waals surface area contributed by atoms with Crippen molar-refractivity contribution in [3.8, 4) is 11.3 Å². The number of fused-ring (bicyclic) bond motifs is 1. The van der Waals surface area contributed by atoms with Crippen molar-refractivity contribution < 1.29 is 27.5 Å². The van der Waals surface area contributed by atoms with Gasteiger partial charge in [0.05, 0.1) is 16.8 Å². The number of amides is 1. The number of rotatable bonds is 4. The Kier molecular flexibility index (Phi) is 4.98. The third kappa shape index (κ3) is 3.30. The number of pyridine rings is 1. The van der Waals surface area contributed by atoms with E-state index in [1.54, 1.807) is 54.6 Å². The lowest BCUT2D eigenvalue weighted by Crippen LogP contribution is -2.51. The number of halogens is 4. The number of aliphatic hydroxyl groups is 1. The van der Waals surface area contributed by atoms with Crippen molar-refractivity contribution in [2.75, 3.05) is 0 Å². The van der Waals surface area contributed by atoms with E-state index in [9.17, 15) is 27.5 Å². The van der Waals surface area contributed by atoms with Gasteiger partial charge in [0.15, 0.2) is 0 Å². The van der Waals surface area contributed by atoms with Gasteiger partial charge in [0, 0.05) is 17.4 Å². The van der Waals surface area contributed by atoms with E-state index in [0.29, 0.717) is 22.2 Å². The number of hydrogen-bond acceptors (Lipinski definition) is 4. The zero-order valence-corrected chi connectivity index (χ0v) is 15.3. The maximum Gasteiger partial charge on any atom is 0.287 e. The predicted molar refractivity (Wildman–Crippen MR) is 102 cm³/mol. The number of hydrogen-bond donors (Lipinski definition) is 1. The first-order valence-electron chi connectivity index (χ1n) is 8.97. The molecule has 0 saturated carbocycles. The minimum absolute atomic E-state index is 0.0652. The Morgan fingerprint density at radius 3 is 2.37 bits per heavy atom. The number of alkyl halides is 4. The van der Waals surface area contributed by atoms with Crippen LogP contribution in [0, 0.1) is 0 Å². The fourth-order valence-electron chi connectivity index (χ4n) is 3.33. The summed E-state index contributed by atoms with van der Waals surface area (Å²) < 4.78 is 53.3. The summed E-state index contributed by atoms with van der Waals surface area (Å²) >= 11 is 0. The van der Waals surface area contributed by atoms with E-state index in [-0.39, 0.29) is 10.6 Å². The van der Waals surface area contributed by atoms with Crippen LogP contribution in [0.1, 0.15) is 16.8 Å².